The molecule has 0 atom stereocenters. The van der Waals surface area contributed by atoms with Crippen molar-refractivity contribution < 1.29 is 8.78 Å². The molecule has 0 unspecified atom stereocenters. The molecule has 20 heavy (non-hydrogen) atoms. The molecule has 2 heterocycles. The molecule has 5 heteroatoms. The number of hydrogen-bond acceptors (Lipinski definition) is 2. The first kappa shape index (κ1) is 12.7. The predicted octanol–water partition coefficient (Wildman–Crippen LogP) is 2.90. The van der Waals surface area contributed by atoms with E-state index in [-0.39, 0.29) is 0 Å². The fourth-order valence-electron chi connectivity index (χ4n) is 2.06. The van der Waals surface area contributed by atoms with Gasteiger partial charge in [-0.2, -0.15) is 0 Å². The molecule has 0 aliphatic heterocycles. The fourth-order valence-corrected chi connectivity index (χ4v) is 2.06. The minimum Gasteiger partial charge on any atom is -0.307 e. The molecule has 3 aromatic rings. The summed E-state index contributed by atoms with van der Waals surface area (Å²) in [5.74, 6) is -1.10. The van der Waals surface area contributed by atoms with E-state index in [0.29, 0.717) is 18.7 Å². The lowest BCUT2D eigenvalue weighted by atomic mass is 10.2. The van der Waals surface area contributed by atoms with Gasteiger partial charge in [0.2, 0.25) is 0 Å². The van der Waals surface area contributed by atoms with Crippen molar-refractivity contribution in [2.45, 2.75) is 13.1 Å². The smallest absolute Gasteiger partial charge is 0.137 e. The SMILES string of the molecule is Fc1ccc(CNCc2cn3ccccc3n2)c(F)c1. The molecule has 0 fully saturated rings. The molecule has 0 aliphatic carbocycles. The Morgan fingerprint density at radius 3 is 2.80 bits per heavy atom. The summed E-state index contributed by atoms with van der Waals surface area (Å²) in [6, 6.07) is 9.37. The Morgan fingerprint density at radius 2 is 2.00 bits per heavy atom. The Bertz CT molecular complexity index is 704. The molecule has 3 rings (SSSR count). The van der Waals surface area contributed by atoms with Crippen LogP contribution in [0.5, 0.6) is 0 Å². The molecule has 0 amide bonds. The molecule has 1 aromatic carbocycles. The van der Waals surface area contributed by atoms with Gasteiger partial charge in [-0.25, -0.2) is 13.8 Å². The highest BCUT2D eigenvalue weighted by Gasteiger charge is 2.04. The van der Waals surface area contributed by atoms with E-state index in [1.165, 1.54) is 12.1 Å². The van der Waals surface area contributed by atoms with Crippen LogP contribution in [0.15, 0.2) is 48.8 Å². The summed E-state index contributed by atoms with van der Waals surface area (Å²) in [7, 11) is 0. The Labute approximate surface area is 114 Å². The number of rotatable bonds is 4. The minimum atomic E-state index is -0.563. The van der Waals surface area contributed by atoms with Gasteiger partial charge >= 0.3 is 0 Å². The summed E-state index contributed by atoms with van der Waals surface area (Å²) in [6.45, 7) is 0.860. The van der Waals surface area contributed by atoms with E-state index in [2.05, 4.69) is 10.3 Å². The van der Waals surface area contributed by atoms with Crippen LogP contribution in [0.4, 0.5) is 8.78 Å². The lowest BCUT2D eigenvalue weighted by Gasteiger charge is -2.04. The predicted molar refractivity (Wildman–Crippen MR) is 72.1 cm³/mol. The van der Waals surface area contributed by atoms with Crippen molar-refractivity contribution in [1.82, 2.24) is 14.7 Å². The third kappa shape index (κ3) is 2.67. The first-order chi connectivity index (χ1) is 9.72. The van der Waals surface area contributed by atoms with E-state index in [4.69, 9.17) is 0 Å². The summed E-state index contributed by atoms with van der Waals surface area (Å²) in [6.07, 6.45) is 3.84. The molecule has 0 spiro atoms. The van der Waals surface area contributed by atoms with Gasteiger partial charge in [-0.3, -0.25) is 0 Å². The maximum absolute atomic E-state index is 13.4. The molecule has 2 aromatic heterocycles. The average Bonchev–Trinajstić information content (AvgIpc) is 2.84. The van der Waals surface area contributed by atoms with Crippen molar-refractivity contribution in [3.05, 3.63) is 71.7 Å². The van der Waals surface area contributed by atoms with Crippen LogP contribution in [-0.2, 0) is 13.1 Å². The number of imidazole rings is 1. The molecule has 3 nitrogen and oxygen atoms in total. The second-order valence-electron chi connectivity index (χ2n) is 4.54. The van der Waals surface area contributed by atoms with Gasteiger partial charge in [0.05, 0.1) is 5.69 Å². The fraction of sp³-hybridized carbons (Fsp3) is 0.133. The number of nitrogens with zero attached hydrogens (tertiary/aromatic N) is 2. The van der Waals surface area contributed by atoms with Gasteiger partial charge in [-0.05, 0) is 18.2 Å². The lowest BCUT2D eigenvalue weighted by molar-refractivity contribution is 0.559. The molecule has 0 radical (unpaired) electrons. The maximum Gasteiger partial charge on any atom is 0.137 e. The highest BCUT2D eigenvalue weighted by molar-refractivity contribution is 5.39. The van der Waals surface area contributed by atoms with Crippen molar-refractivity contribution in [2.75, 3.05) is 0 Å². The van der Waals surface area contributed by atoms with E-state index >= 15 is 0 Å². The van der Waals surface area contributed by atoms with Gasteiger partial charge in [0.25, 0.3) is 0 Å². The number of aromatic nitrogens is 2. The molecular weight excluding hydrogens is 260 g/mol. The number of hydrogen-bond donors (Lipinski definition) is 1. The lowest BCUT2D eigenvalue weighted by Crippen LogP contribution is -2.14. The topological polar surface area (TPSA) is 29.3 Å². The zero-order valence-electron chi connectivity index (χ0n) is 10.7. The number of halogens is 2. The summed E-state index contributed by atoms with van der Waals surface area (Å²) in [5, 5.41) is 3.10. The Morgan fingerprint density at radius 1 is 1.10 bits per heavy atom. The zero-order chi connectivity index (χ0) is 13.9. The molecule has 0 saturated carbocycles. The van der Waals surface area contributed by atoms with Crippen LogP contribution in [0.3, 0.4) is 0 Å². The quantitative estimate of drug-likeness (QED) is 0.792. The van der Waals surface area contributed by atoms with Gasteiger partial charge in [0.15, 0.2) is 0 Å². The monoisotopic (exact) mass is 273 g/mol. The number of benzene rings is 1. The van der Waals surface area contributed by atoms with Crippen molar-refractivity contribution in [3.8, 4) is 0 Å². The maximum atomic E-state index is 13.4. The summed E-state index contributed by atoms with van der Waals surface area (Å²) in [4.78, 5) is 4.43. The van der Waals surface area contributed by atoms with Crippen molar-refractivity contribution in [1.29, 1.82) is 0 Å². The Kier molecular flexibility index (Phi) is 3.43. The number of nitrogens with one attached hydrogen (secondary N) is 1. The third-order valence-electron chi connectivity index (χ3n) is 3.05. The highest BCUT2D eigenvalue weighted by atomic mass is 19.1. The van der Waals surface area contributed by atoms with Gasteiger partial charge in [-0.1, -0.05) is 12.1 Å². The molecule has 0 bridgehead atoms. The van der Waals surface area contributed by atoms with E-state index in [1.54, 1.807) is 0 Å². The minimum absolute atomic E-state index is 0.333. The second-order valence-corrected chi connectivity index (χ2v) is 4.54. The molecule has 1 N–H and O–H groups in total. The zero-order valence-corrected chi connectivity index (χ0v) is 10.7. The van der Waals surface area contributed by atoms with Gasteiger partial charge in [0, 0.05) is 37.1 Å². The van der Waals surface area contributed by atoms with E-state index in [9.17, 15) is 8.78 Å². The summed E-state index contributed by atoms with van der Waals surface area (Å²) < 4.78 is 28.1. The average molecular weight is 273 g/mol. The molecular formula is C15H13F2N3. The van der Waals surface area contributed by atoms with Crippen LogP contribution < -0.4 is 5.32 Å². The molecule has 0 saturated heterocycles. The van der Waals surface area contributed by atoms with Crippen LogP contribution >= 0.6 is 0 Å². The normalized spacial score (nSPS) is 11.1. The van der Waals surface area contributed by atoms with E-state index in [0.717, 1.165) is 17.4 Å². The first-order valence-electron chi connectivity index (χ1n) is 6.29. The van der Waals surface area contributed by atoms with Gasteiger partial charge < -0.3 is 9.72 Å². The van der Waals surface area contributed by atoms with Crippen LogP contribution in [0, 0.1) is 11.6 Å². The molecule has 0 aliphatic rings. The van der Waals surface area contributed by atoms with Crippen LogP contribution in [-0.4, -0.2) is 9.38 Å². The van der Waals surface area contributed by atoms with Crippen molar-refractivity contribution in [3.63, 3.8) is 0 Å². The summed E-state index contributed by atoms with van der Waals surface area (Å²) >= 11 is 0. The number of fused-ring (bicyclic) bond motifs is 1. The largest absolute Gasteiger partial charge is 0.307 e. The third-order valence-corrected chi connectivity index (χ3v) is 3.05. The van der Waals surface area contributed by atoms with E-state index < -0.39 is 11.6 Å². The van der Waals surface area contributed by atoms with Crippen molar-refractivity contribution in [2.24, 2.45) is 0 Å². The Hall–Kier alpha value is -2.27. The number of pyridine rings is 1. The second kappa shape index (κ2) is 5.38. The standard InChI is InChI=1S/C15H13F2N3/c16-12-5-4-11(14(17)7-12)8-18-9-13-10-20-6-2-1-3-15(20)19-13/h1-7,10,18H,8-9H2. The molecule has 102 valence electrons. The van der Waals surface area contributed by atoms with Crippen molar-refractivity contribution >= 4 is 5.65 Å². The highest BCUT2D eigenvalue weighted by Crippen LogP contribution is 2.10. The van der Waals surface area contributed by atoms with Gasteiger partial charge in [0.1, 0.15) is 17.3 Å². The Balaban J connectivity index is 1.64. The van der Waals surface area contributed by atoms with Crippen LogP contribution in [0.25, 0.3) is 5.65 Å². The van der Waals surface area contributed by atoms with E-state index in [1.807, 2.05) is 35.0 Å². The first-order valence-corrected chi connectivity index (χ1v) is 6.29. The van der Waals surface area contributed by atoms with Crippen LogP contribution in [0.2, 0.25) is 0 Å². The van der Waals surface area contributed by atoms with Crippen LogP contribution in [0.1, 0.15) is 11.3 Å². The summed E-state index contributed by atoms with van der Waals surface area (Å²) in [5.41, 5.74) is 2.19. The van der Waals surface area contributed by atoms with Gasteiger partial charge in [-0.15, -0.1) is 0 Å².